The fraction of sp³-hybridized carbons (Fsp3) is 0.438. The molecule has 1 rings (SSSR count). The van der Waals surface area contributed by atoms with Crippen molar-refractivity contribution in [2.75, 3.05) is 26.0 Å². The Morgan fingerprint density at radius 3 is 2.21 bits per heavy atom. The zero-order valence-electron chi connectivity index (χ0n) is 12.6. The number of allylic oxidation sites excluding steroid dienone is 1. The van der Waals surface area contributed by atoms with Gasteiger partial charge < -0.3 is 9.80 Å². The summed E-state index contributed by atoms with van der Waals surface area (Å²) in [6.45, 7) is 4.55. The topological polar surface area (TPSA) is 23.6 Å². The third kappa shape index (κ3) is 4.43. The molecule has 0 heterocycles. The van der Waals surface area contributed by atoms with Crippen LogP contribution in [0, 0.1) is 0 Å². The maximum atomic E-state index is 12.1. The van der Waals surface area contributed by atoms with Crippen LogP contribution in [0.4, 0.5) is 5.69 Å². The highest BCUT2D eigenvalue weighted by molar-refractivity contribution is 5.92. The first-order chi connectivity index (χ1) is 8.95. The van der Waals surface area contributed by atoms with Crippen LogP contribution in [0.3, 0.4) is 0 Å². The zero-order valence-corrected chi connectivity index (χ0v) is 12.6. The van der Waals surface area contributed by atoms with Crippen LogP contribution in [0.15, 0.2) is 35.9 Å². The van der Waals surface area contributed by atoms with E-state index in [1.165, 1.54) is 5.69 Å². The lowest BCUT2D eigenvalue weighted by molar-refractivity contribution is -0.126. The number of anilines is 1. The predicted molar refractivity (Wildman–Crippen MR) is 81.3 cm³/mol. The Morgan fingerprint density at radius 2 is 1.74 bits per heavy atom. The number of carbonyl (C=O) groups excluding carboxylic acids is 1. The Labute approximate surface area is 116 Å². The van der Waals surface area contributed by atoms with Gasteiger partial charge in [0.05, 0.1) is 0 Å². The summed E-state index contributed by atoms with van der Waals surface area (Å²) in [6, 6.07) is 8.28. The van der Waals surface area contributed by atoms with Gasteiger partial charge in [0.2, 0.25) is 5.91 Å². The average molecular weight is 260 g/mol. The second-order valence-corrected chi connectivity index (χ2v) is 5.02. The van der Waals surface area contributed by atoms with E-state index < -0.39 is 0 Å². The van der Waals surface area contributed by atoms with Gasteiger partial charge in [-0.2, -0.15) is 0 Å². The molecule has 0 aromatic heterocycles. The zero-order chi connectivity index (χ0) is 14.4. The molecule has 0 bridgehead atoms. The molecule has 104 valence electrons. The van der Waals surface area contributed by atoms with E-state index in [9.17, 15) is 4.79 Å². The Bertz CT molecular complexity index is 446. The third-order valence-electron chi connectivity index (χ3n) is 3.07. The summed E-state index contributed by atoms with van der Waals surface area (Å²) >= 11 is 0. The summed E-state index contributed by atoms with van der Waals surface area (Å²) in [6.07, 6.45) is 2.86. The van der Waals surface area contributed by atoms with Crippen LogP contribution in [-0.4, -0.2) is 32.0 Å². The Balaban J connectivity index is 2.69. The largest absolute Gasteiger partial charge is 0.378 e. The maximum Gasteiger partial charge on any atom is 0.249 e. The summed E-state index contributed by atoms with van der Waals surface area (Å²) in [4.78, 5) is 15.9. The fourth-order valence-corrected chi connectivity index (χ4v) is 1.94. The minimum Gasteiger partial charge on any atom is -0.378 e. The van der Waals surface area contributed by atoms with E-state index in [0.717, 1.165) is 17.6 Å². The molecule has 3 nitrogen and oxygen atoms in total. The standard InChI is InChI=1S/C16H24N2O/c1-6-7-13(2)16(19)18(5)12-14-8-10-15(11-9-14)17(3)4/h7-11H,6,12H2,1-5H3/b13-7+. The molecule has 3 heteroatoms. The van der Waals surface area contributed by atoms with E-state index in [-0.39, 0.29) is 5.91 Å². The van der Waals surface area contributed by atoms with Crippen LogP contribution < -0.4 is 4.90 Å². The van der Waals surface area contributed by atoms with E-state index in [0.29, 0.717) is 6.54 Å². The summed E-state index contributed by atoms with van der Waals surface area (Å²) < 4.78 is 0. The van der Waals surface area contributed by atoms with Crippen molar-refractivity contribution >= 4 is 11.6 Å². The van der Waals surface area contributed by atoms with Crippen molar-refractivity contribution in [3.8, 4) is 0 Å². The minimum atomic E-state index is 0.0959. The SMILES string of the molecule is CC/C=C(\C)C(=O)N(C)Cc1ccc(N(C)C)cc1. The number of benzene rings is 1. The molecule has 0 aliphatic rings. The molecule has 0 unspecified atom stereocenters. The molecule has 1 amide bonds. The lowest BCUT2D eigenvalue weighted by atomic mass is 10.1. The number of rotatable bonds is 5. The molecule has 0 spiro atoms. The Kier molecular flexibility index (Phi) is 5.61. The van der Waals surface area contributed by atoms with Gasteiger partial charge in [-0.3, -0.25) is 4.79 Å². The Hall–Kier alpha value is -1.77. The van der Waals surface area contributed by atoms with E-state index in [1.807, 2.05) is 41.1 Å². The number of amides is 1. The number of hydrogen-bond donors (Lipinski definition) is 0. The van der Waals surface area contributed by atoms with Gasteiger partial charge in [-0.1, -0.05) is 25.1 Å². The van der Waals surface area contributed by atoms with Gasteiger partial charge in [0.15, 0.2) is 0 Å². The second-order valence-electron chi connectivity index (χ2n) is 5.02. The first-order valence-corrected chi connectivity index (χ1v) is 6.64. The van der Waals surface area contributed by atoms with Gasteiger partial charge in [-0.15, -0.1) is 0 Å². The van der Waals surface area contributed by atoms with E-state index in [2.05, 4.69) is 29.2 Å². The molecule has 0 radical (unpaired) electrons. The summed E-state index contributed by atoms with van der Waals surface area (Å²) in [5.74, 6) is 0.0959. The molecule has 0 saturated carbocycles. The van der Waals surface area contributed by atoms with Crippen molar-refractivity contribution in [2.45, 2.75) is 26.8 Å². The Morgan fingerprint density at radius 1 is 1.16 bits per heavy atom. The number of carbonyl (C=O) groups is 1. The van der Waals surface area contributed by atoms with Crippen LogP contribution in [0.2, 0.25) is 0 Å². The van der Waals surface area contributed by atoms with Crippen molar-refractivity contribution in [1.82, 2.24) is 4.90 Å². The molecular formula is C16H24N2O. The normalized spacial score (nSPS) is 11.3. The fourth-order valence-electron chi connectivity index (χ4n) is 1.94. The molecule has 0 aliphatic carbocycles. The van der Waals surface area contributed by atoms with Gasteiger partial charge in [-0.25, -0.2) is 0 Å². The molecule has 0 aliphatic heterocycles. The molecular weight excluding hydrogens is 236 g/mol. The van der Waals surface area contributed by atoms with Crippen molar-refractivity contribution in [3.63, 3.8) is 0 Å². The number of hydrogen-bond acceptors (Lipinski definition) is 2. The maximum absolute atomic E-state index is 12.1. The predicted octanol–water partition coefficient (Wildman–Crippen LogP) is 3.07. The molecule has 0 atom stereocenters. The number of nitrogens with zero attached hydrogens (tertiary/aromatic N) is 2. The van der Waals surface area contributed by atoms with E-state index in [1.54, 1.807) is 4.90 Å². The van der Waals surface area contributed by atoms with E-state index >= 15 is 0 Å². The molecule has 0 fully saturated rings. The van der Waals surface area contributed by atoms with Crippen LogP contribution in [0.25, 0.3) is 0 Å². The number of likely N-dealkylation sites (N-methyl/N-ethyl adjacent to an activating group) is 1. The summed E-state index contributed by atoms with van der Waals surface area (Å²) in [5.41, 5.74) is 3.13. The molecule has 19 heavy (non-hydrogen) atoms. The van der Waals surface area contributed by atoms with Crippen molar-refractivity contribution in [2.24, 2.45) is 0 Å². The smallest absolute Gasteiger partial charge is 0.249 e. The van der Waals surface area contributed by atoms with Crippen molar-refractivity contribution in [1.29, 1.82) is 0 Å². The van der Waals surface area contributed by atoms with Crippen molar-refractivity contribution in [3.05, 3.63) is 41.5 Å². The molecule has 1 aromatic carbocycles. The van der Waals surface area contributed by atoms with Gasteiger partial charge in [0.1, 0.15) is 0 Å². The third-order valence-corrected chi connectivity index (χ3v) is 3.07. The minimum absolute atomic E-state index is 0.0959. The lowest BCUT2D eigenvalue weighted by Gasteiger charge is -2.18. The van der Waals surface area contributed by atoms with Gasteiger partial charge >= 0.3 is 0 Å². The lowest BCUT2D eigenvalue weighted by Crippen LogP contribution is -2.26. The highest BCUT2D eigenvalue weighted by Crippen LogP contribution is 2.14. The van der Waals surface area contributed by atoms with Gasteiger partial charge in [0, 0.05) is 38.9 Å². The van der Waals surface area contributed by atoms with Gasteiger partial charge in [0.25, 0.3) is 0 Å². The monoisotopic (exact) mass is 260 g/mol. The summed E-state index contributed by atoms with van der Waals surface area (Å²) in [5, 5.41) is 0. The average Bonchev–Trinajstić information content (AvgIpc) is 2.38. The first-order valence-electron chi connectivity index (χ1n) is 6.64. The highest BCUT2D eigenvalue weighted by Gasteiger charge is 2.10. The van der Waals surface area contributed by atoms with Crippen LogP contribution >= 0.6 is 0 Å². The summed E-state index contributed by atoms with van der Waals surface area (Å²) in [7, 11) is 5.88. The highest BCUT2D eigenvalue weighted by atomic mass is 16.2. The first kappa shape index (κ1) is 15.3. The molecule has 0 saturated heterocycles. The van der Waals surface area contributed by atoms with Crippen LogP contribution in [0.5, 0.6) is 0 Å². The molecule has 1 aromatic rings. The van der Waals surface area contributed by atoms with Crippen LogP contribution in [-0.2, 0) is 11.3 Å². The van der Waals surface area contributed by atoms with Crippen LogP contribution in [0.1, 0.15) is 25.8 Å². The quantitative estimate of drug-likeness (QED) is 0.760. The van der Waals surface area contributed by atoms with Crippen molar-refractivity contribution < 1.29 is 4.79 Å². The van der Waals surface area contributed by atoms with E-state index in [4.69, 9.17) is 0 Å². The van der Waals surface area contributed by atoms with Gasteiger partial charge in [-0.05, 0) is 31.0 Å². The second kappa shape index (κ2) is 6.98. The molecule has 0 N–H and O–H groups in total.